The number of aryl methyl sites for hydroxylation is 1. The summed E-state index contributed by atoms with van der Waals surface area (Å²) in [6, 6.07) is 19.5. The van der Waals surface area contributed by atoms with Gasteiger partial charge in [0.2, 0.25) is 5.91 Å². The second-order valence-corrected chi connectivity index (χ2v) is 10.9. The molecule has 3 aromatic carbocycles. The van der Waals surface area contributed by atoms with Gasteiger partial charge in [0.05, 0.1) is 18.0 Å². The molecule has 0 aromatic heterocycles. The molecule has 1 fully saturated rings. The maximum absolute atomic E-state index is 14.4. The number of allylic oxidation sites excluding steroid dienone is 1. The number of halogens is 1. The van der Waals surface area contributed by atoms with Gasteiger partial charge in [-0.15, -0.1) is 0 Å². The molecule has 1 N–H and O–H groups in total. The molecule has 1 amide bonds. The van der Waals surface area contributed by atoms with Crippen molar-refractivity contribution in [2.24, 2.45) is 5.92 Å². The maximum atomic E-state index is 14.4. The second-order valence-electron chi connectivity index (χ2n) is 10.00. The van der Waals surface area contributed by atoms with E-state index in [9.17, 15) is 14.4 Å². The number of carbonyl (C=O) groups excluding carboxylic acids is 3. The average molecular weight is 541 g/mol. The third kappa shape index (κ3) is 2.97. The van der Waals surface area contributed by atoms with E-state index in [2.05, 4.69) is 33.4 Å². The minimum Gasteiger partial charge on any atom is -0.352 e. The topological polar surface area (TPSA) is 66.5 Å². The molecule has 6 heteroatoms. The minimum atomic E-state index is -1.25. The molecule has 0 saturated carbocycles. The third-order valence-electron chi connectivity index (χ3n) is 7.96. The van der Waals surface area contributed by atoms with Gasteiger partial charge in [-0.2, -0.15) is 0 Å². The summed E-state index contributed by atoms with van der Waals surface area (Å²) in [4.78, 5) is 44.0. The molecule has 1 saturated heterocycles. The van der Waals surface area contributed by atoms with Crippen LogP contribution in [0.15, 0.2) is 77.3 Å². The molecule has 3 heterocycles. The molecule has 4 atom stereocenters. The van der Waals surface area contributed by atoms with E-state index in [-0.39, 0.29) is 17.5 Å². The summed E-state index contributed by atoms with van der Waals surface area (Å²) < 4.78 is 0.854. The van der Waals surface area contributed by atoms with Crippen LogP contribution in [0.3, 0.4) is 0 Å². The van der Waals surface area contributed by atoms with Crippen molar-refractivity contribution in [3.05, 3.63) is 99.5 Å². The number of carbonyl (C=O) groups is 3. The molecule has 0 aliphatic carbocycles. The molecule has 3 aliphatic heterocycles. The van der Waals surface area contributed by atoms with Crippen LogP contribution in [0.1, 0.15) is 40.9 Å². The van der Waals surface area contributed by atoms with Crippen molar-refractivity contribution in [2.75, 3.05) is 10.2 Å². The van der Waals surface area contributed by atoms with Crippen molar-refractivity contribution in [3.63, 3.8) is 0 Å². The van der Waals surface area contributed by atoms with Crippen molar-refractivity contribution in [2.45, 2.75) is 38.3 Å². The lowest BCUT2D eigenvalue weighted by Gasteiger charge is -2.39. The fourth-order valence-electron chi connectivity index (χ4n) is 6.49. The van der Waals surface area contributed by atoms with E-state index >= 15 is 0 Å². The molecular weight excluding hydrogens is 516 g/mol. The van der Waals surface area contributed by atoms with Gasteiger partial charge in [0, 0.05) is 27.0 Å². The molecule has 3 aliphatic rings. The van der Waals surface area contributed by atoms with E-state index in [1.54, 1.807) is 12.1 Å². The Labute approximate surface area is 218 Å². The van der Waals surface area contributed by atoms with Crippen LogP contribution in [0.25, 0.3) is 5.57 Å². The van der Waals surface area contributed by atoms with Gasteiger partial charge < -0.3 is 10.2 Å². The van der Waals surface area contributed by atoms with Crippen LogP contribution < -0.4 is 10.2 Å². The van der Waals surface area contributed by atoms with Gasteiger partial charge in [-0.05, 0) is 62.2 Å². The van der Waals surface area contributed by atoms with Crippen LogP contribution in [-0.2, 0) is 15.0 Å². The number of para-hydroxylation sites is 1. The number of hydrogen-bond donors (Lipinski definition) is 1. The average Bonchev–Trinajstić information content (AvgIpc) is 3.32. The molecule has 5 nitrogen and oxygen atoms in total. The lowest BCUT2D eigenvalue weighted by atomic mass is 9.64. The third-order valence-corrected chi connectivity index (χ3v) is 8.49. The van der Waals surface area contributed by atoms with Crippen molar-refractivity contribution < 1.29 is 14.4 Å². The Hall–Kier alpha value is -3.51. The quantitative estimate of drug-likeness (QED) is 0.432. The van der Waals surface area contributed by atoms with Crippen molar-refractivity contribution >= 4 is 50.4 Å². The number of nitrogens with zero attached hydrogens (tertiary/aromatic N) is 1. The fourth-order valence-corrected chi connectivity index (χ4v) is 6.76. The molecule has 1 spiro atoms. The highest BCUT2D eigenvalue weighted by Gasteiger charge is 2.70. The van der Waals surface area contributed by atoms with E-state index in [0.717, 1.165) is 32.4 Å². The number of ketones is 2. The van der Waals surface area contributed by atoms with Gasteiger partial charge in [0.15, 0.2) is 11.6 Å². The van der Waals surface area contributed by atoms with Crippen LogP contribution in [0.4, 0.5) is 11.4 Å². The van der Waals surface area contributed by atoms with Gasteiger partial charge in [-0.1, -0.05) is 64.0 Å². The number of nitrogens with one attached hydrogen (secondary N) is 1. The molecular formula is C30H25BrN2O3. The Morgan fingerprint density at radius 3 is 2.44 bits per heavy atom. The summed E-state index contributed by atoms with van der Waals surface area (Å²) in [5.41, 5.74) is 4.75. The van der Waals surface area contributed by atoms with E-state index in [4.69, 9.17) is 0 Å². The molecule has 6 rings (SSSR count). The molecule has 0 unspecified atom stereocenters. The summed E-state index contributed by atoms with van der Waals surface area (Å²) in [5, 5.41) is 3.05. The number of benzene rings is 3. The van der Waals surface area contributed by atoms with Gasteiger partial charge in [-0.25, -0.2) is 0 Å². The lowest BCUT2D eigenvalue weighted by molar-refractivity contribution is -0.122. The Kier molecular flexibility index (Phi) is 5.09. The van der Waals surface area contributed by atoms with Crippen LogP contribution >= 0.6 is 15.9 Å². The van der Waals surface area contributed by atoms with E-state index in [0.29, 0.717) is 11.3 Å². The smallest absolute Gasteiger partial charge is 0.238 e. The Morgan fingerprint density at radius 2 is 1.72 bits per heavy atom. The van der Waals surface area contributed by atoms with Crippen LogP contribution in [0.5, 0.6) is 0 Å². The predicted octanol–water partition coefficient (Wildman–Crippen LogP) is 5.71. The van der Waals surface area contributed by atoms with Crippen LogP contribution in [-0.4, -0.2) is 29.6 Å². The van der Waals surface area contributed by atoms with E-state index in [1.165, 1.54) is 6.92 Å². The predicted molar refractivity (Wildman–Crippen MR) is 144 cm³/mol. The Morgan fingerprint density at radius 1 is 1.00 bits per heavy atom. The summed E-state index contributed by atoms with van der Waals surface area (Å²) >= 11 is 3.44. The zero-order valence-corrected chi connectivity index (χ0v) is 21.8. The highest BCUT2D eigenvalue weighted by Crippen LogP contribution is 2.58. The monoisotopic (exact) mass is 540 g/mol. The largest absolute Gasteiger partial charge is 0.352 e. The molecule has 0 bridgehead atoms. The summed E-state index contributed by atoms with van der Waals surface area (Å²) in [7, 11) is 0. The minimum absolute atomic E-state index is 0.135. The zero-order valence-electron chi connectivity index (χ0n) is 20.2. The molecule has 36 heavy (non-hydrogen) atoms. The number of rotatable bonds is 3. The van der Waals surface area contributed by atoms with Crippen molar-refractivity contribution in [3.8, 4) is 0 Å². The first-order valence-electron chi connectivity index (χ1n) is 12.0. The lowest BCUT2D eigenvalue weighted by Crippen LogP contribution is -2.51. The number of amides is 1. The molecule has 180 valence electrons. The van der Waals surface area contributed by atoms with Gasteiger partial charge in [0.1, 0.15) is 5.41 Å². The Bertz CT molecular complexity index is 1490. The standard InChI is InChI=1S/C30H25BrN2O3/c1-16-8-13-24-21(14-16)17(2)15-25-30(22-6-4-5-7-23(22)32-29(30)36)26(27(18(3)34)33(24)25)28(35)19-9-11-20(31)12-10-19/h4-15,25-27H,1-3H3,(H,32,36)/t25-,26+,27-,30-/m1/s1. The SMILES string of the molecule is CC(=O)[C@@H]1[C@@H](C(=O)c2ccc(Br)cc2)[C@]2(C(=O)Nc3ccccc32)[C@H]2C=C(C)c3cc(C)ccc3N12. The van der Waals surface area contributed by atoms with Crippen LogP contribution in [0, 0.1) is 12.8 Å². The maximum Gasteiger partial charge on any atom is 0.238 e. The second kappa shape index (κ2) is 8.00. The van der Waals surface area contributed by atoms with Gasteiger partial charge in [-0.3, -0.25) is 14.4 Å². The normalized spacial score (nSPS) is 25.7. The first-order valence-corrected chi connectivity index (χ1v) is 12.8. The van der Waals surface area contributed by atoms with Gasteiger partial charge in [0.25, 0.3) is 0 Å². The van der Waals surface area contributed by atoms with E-state index < -0.39 is 23.4 Å². The van der Waals surface area contributed by atoms with Crippen molar-refractivity contribution in [1.29, 1.82) is 0 Å². The summed E-state index contributed by atoms with van der Waals surface area (Å²) in [6.07, 6.45) is 2.08. The van der Waals surface area contributed by atoms with Crippen molar-refractivity contribution in [1.82, 2.24) is 0 Å². The number of Topliss-reactive ketones (excluding diaryl/α,β-unsaturated/α-hetero) is 2. The number of fused-ring (bicyclic) bond motifs is 6. The van der Waals surface area contributed by atoms with Crippen LogP contribution in [0.2, 0.25) is 0 Å². The highest BCUT2D eigenvalue weighted by molar-refractivity contribution is 9.10. The van der Waals surface area contributed by atoms with E-state index in [1.807, 2.05) is 67.3 Å². The Balaban J connectivity index is 1.68. The number of hydrogen-bond acceptors (Lipinski definition) is 4. The first-order chi connectivity index (χ1) is 17.2. The molecule has 3 aromatic rings. The first kappa shape index (κ1) is 22.9. The fraction of sp³-hybridized carbons (Fsp3) is 0.233. The zero-order chi connectivity index (χ0) is 25.4. The van der Waals surface area contributed by atoms with Gasteiger partial charge >= 0.3 is 0 Å². The highest BCUT2D eigenvalue weighted by atomic mass is 79.9. The summed E-state index contributed by atoms with van der Waals surface area (Å²) in [5.74, 6) is -1.48. The number of anilines is 2. The summed E-state index contributed by atoms with van der Waals surface area (Å²) in [6.45, 7) is 5.60. The molecule has 0 radical (unpaired) electrons.